The Hall–Kier alpha value is -1.15. The van der Waals surface area contributed by atoms with Crippen LogP contribution in [0.4, 0.5) is 0 Å². The molecule has 1 aliphatic carbocycles. The van der Waals surface area contributed by atoms with Crippen molar-refractivity contribution in [3.05, 3.63) is 0 Å². The highest BCUT2D eigenvalue weighted by Crippen LogP contribution is 2.36. The van der Waals surface area contributed by atoms with Crippen LogP contribution in [0.5, 0.6) is 0 Å². The van der Waals surface area contributed by atoms with Crippen LogP contribution in [0.15, 0.2) is 5.16 Å². The lowest BCUT2D eigenvalue weighted by Gasteiger charge is -2.04. The van der Waals surface area contributed by atoms with Crippen LogP contribution < -0.4 is 5.32 Å². The summed E-state index contributed by atoms with van der Waals surface area (Å²) >= 11 is 1.37. The lowest BCUT2D eigenvalue weighted by atomic mass is 10.2. The Morgan fingerprint density at radius 1 is 1.42 bits per heavy atom. The number of nitrogens with one attached hydrogen (secondary N) is 1. The topological polar surface area (TPSA) is 92.9 Å². The number of nitrogens with zero attached hydrogens (tertiary/aromatic N) is 4. The number of hydrogen-bond donors (Lipinski definition) is 2. The van der Waals surface area contributed by atoms with Crippen LogP contribution in [0, 0.1) is 0 Å². The van der Waals surface area contributed by atoms with E-state index in [4.69, 9.17) is 5.11 Å². The maximum atomic E-state index is 11.6. The van der Waals surface area contributed by atoms with E-state index in [-0.39, 0.29) is 12.5 Å². The molecule has 1 saturated carbocycles. The second kappa shape index (κ2) is 7.44. The van der Waals surface area contributed by atoms with Crippen LogP contribution >= 0.6 is 11.8 Å². The minimum Gasteiger partial charge on any atom is -0.396 e. The zero-order chi connectivity index (χ0) is 13.5. The van der Waals surface area contributed by atoms with Crippen molar-refractivity contribution in [2.45, 2.75) is 43.3 Å². The quantitative estimate of drug-likeness (QED) is 0.503. The molecule has 1 aromatic rings. The summed E-state index contributed by atoms with van der Waals surface area (Å²) in [5.41, 5.74) is 0. The fourth-order valence-corrected chi connectivity index (χ4v) is 2.43. The molecule has 0 bridgehead atoms. The predicted molar refractivity (Wildman–Crippen MR) is 70.8 cm³/mol. The van der Waals surface area contributed by atoms with E-state index < -0.39 is 0 Å². The summed E-state index contributed by atoms with van der Waals surface area (Å²) in [6.45, 7) is 0.876. The normalized spacial score (nSPS) is 14.6. The zero-order valence-electron chi connectivity index (χ0n) is 10.8. The second-order valence-corrected chi connectivity index (χ2v) is 5.50. The number of tetrazole rings is 1. The fourth-order valence-electron chi connectivity index (χ4n) is 1.65. The highest BCUT2D eigenvalue weighted by molar-refractivity contribution is 7.99. The molecule has 1 heterocycles. The lowest BCUT2D eigenvalue weighted by molar-refractivity contribution is -0.118. The van der Waals surface area contributed by atoms with Gasteiger partial charge >= 0.3 is 0 Å². The largest absolute Gasteiger partial charge is 0.396 e. The van der Waals surface area contributed by atoms with Gasteiger partial charge in [-0.3, -0.25) is 4.79 Å². The molecular formula is C11H19N5O2S. The zero-order valence-corrected chi connectivity index (χ0v) is 11.6. The molecule has 8 heteroatoms. The van der Waals surface area contributed by atoms with Crippen LogP contribution in [0.2, 0.25) is 0 Å². The third-order valence-corrected chi connectivity index (χ3v) is 3.78. The van der Waals surface area contributed by atoms with Crippen molar-refractivity contribution in [2.75, 3.05) is 18.9 Å². The number of thioether (sulfide) groups is 1. The summed E-state index contributed by atoms with van der Waals surface area (Å²) in [4.78, 5) is 11.6. The third kappa shape index (κ3) is 4.79. The van der Waals surface area contributed by atoms with Crippen LogP contribution in [-0.4, -0.2) is 50.1 Å². The second-order valence-electron chi connectivity index (χ2n) is 4.56. The Balaban J connectivity index is 1.61. The van der Waals surface area contributed by atoms with Gasteiger partial charge in [0.2, 0.25) is 11.1 Å². The molecule has 0 aromatic carbocycles. The smallest absolute Gasteiger partial charge is 0.230 e. The molecule has 0 saturated heterocycles. The molecule has 2 N–H and O–H groups in total. The van der Waals surface area contributed by atoms with Crippen LogP contribution in [0.1, 0.15) is 38.1 Å². The summed E-state index contributed by atoms with van der Waals surface area (Å²) in [5.74, 6) is 0.340. The Morgan fingerprint density at radius 3 is 3.00 bits per heavy atom. The van der Waals surface area contributed by atoms with Crippen molar-refractivity contribution in [3.63, 3.8) is 0 Å². The first-order valence-corrected chi connectivity index (χ1v) is 7.58. The molecule has 1 aromatic heterocycles. The summed E-state index contributed by atoms with van der Waals surface area (Å²) in [6, 6.07) is 0.430. The summed E-state index contributed by atoms with van der Waals surface area (Å²) in [7, 11) is 0. The molecular weight excluding hydrogens is 266 g/mol. The van der Waals surface area contributed by atoms with E-state index in [1.165, 1.54) is 11.8 Å². The van der Waals surface area contributed by atoms with E-state index in [9.17, 15) is 4.79 Å². The SMILES string of the molecule is O=C(CSc1nnnn1C1CC1)NCCCCCO. The van der Waals surface area contributed by atoms with Gasteiger partial charge in [-0.25, -0.2) is 4.68 Å². The summed E-state index contributed by atoms with van der Waals surface area (Å²) < 4.78 is 1.80. The molecule has 1 amide bonds. The molecule has 1 fully saturated rings. The Kier molecular flexibility index (Phi) is 5.59. The Labute approximate surface area is 116 Å². The average Bonchev–Trinajstić information content (AvgIpc) is 3.15. The molecule has 0 aliphatic heterocycles. The first-order chi connectivity index (χ1) is 9.31. The molecule has 0 radical (unpaired) electrons. The fraction of sp³-hybridized carbons (Fsp3) is 0.818. The van der Waals surface area contributed by atoms with E-state index in [0.717, 1.165) is 37.3 Å². The minimum absolute atomic E-state index is 0.000606. The highest BCUT2D eigenvalue weighted by Gasteiger charge is 2.28. The van der Waals surface area contributed by atoms with Gasteiger partial charge in [-0.2, -0.15) is 0 Å². The first kappa shape index (κ1) is 14.3. The third-order valence-electron chi connectivity index (χ3n) is 2.84. The van der Waals surface area contributed by atoms with Gasteiger partial charge in [0, 0.05) is 13.2 Å². The molecule has 2 rings (SSSR count). The number of rotatable bonds is 9. The van der Waals surface area contributed by atoms with E-state index in [1.807, 2.05) is 0 Å². The van der Waals surface area contributed by atoms with Crippen molar-refractivity contribution < 1.29 is 9.90 Å². The van der Waals surface area contributed by atoms with Gasteiger partial charge in [0.25, 0.3) is 0 Å². The molecule has 19 heavy (non-hydrogen) atoms. The molecule has 1 aliphatic rings. The summed E-state index contributed by atoms with van der Waals surface area (Å²) in [5, 5.41) is 23.7. The number of aromatic nitrogens is 4. The predicted octanol–water partition coefficient (Wildman–Crippen LogP) is 0.379. The van der Waals surface area contributed by atoms with Crippen molar-refractivity contribution in [3.8, 4) is 0 Å². The number of aliphatic hydroxyl groups is 1. The van der Waals surface area contributed by atoms with Gasteiger partial charge in [0.05, 0.1) is 11.8 Å². The van der Waals surface area contributed by atoms with Crippen molar-refractivity contribution in [1.29, 1.82) is 0 Å². The molecule has 106 valence electrons. The molecule has 0 unspecified atom stereocenters. The van der Waals surface area contributed by atoms with Gasteiger partial charge in [0.1, 0.15) is 0 Å². The maximum Gasteiger partial charge on any atom is 0.230 e. The maximum absolute atomic E-state index is 11.6. The van der Waals surface area contributed by atoms with Gasteiger partial charge in [-0.05, 0) is 42.5 Å². The van der Waals surface area contributed by atoms with Crippen LogP contribution in [0.25, 0.3) is 0 Å². The Bertz CT molecular complexity index is 408. The molecule has 7 nitrogen and oxygen atoms in total. The van der Waals surface area contributed by atoms with Gasteiger partial charge in [-0.15, -0.1) is 5.10 Å². The number of hydrogen-bond acceptors (Lipinski definition) is 6. The average molecular weight is 285 g/mol. The van der Waals surface area contributed by atoms with E-state index in [2.05, 4.69) is 20.8 Å². The number of unbranched alkanes of at least 4 members (excludes halogenated alkanes) is 2. The van der Waals surface area contributed by atoms with E-state index in [1.54, 1.807) is 4.68 Å². The minimum atomic E-state index is -0.000606. The first-order valence-electron chi connectivity index (χ1n) is 6.59. The number of carbonyl (C=O) groups is 1. The van der Waals surface area contributed by atoms with Crippen molar-refractivity contribution >= 4 is 17.7 Å². The van der Waals surface area contributed by atoms with Crippen molar-refractivity contribution in [1.82, 2.24) is 25.5 Å². The van der Waals surface area contributed by atoms with E-state index in [0.29, 0.717) is 18.3 Å². The molecule has 0 atom stereocenters. The highest BCUT2D eigenvalue weighted by atomic mass is 32.2. The number of amides is 1. The van der Waals surface area contributed by atoms with Crippen LogP contribution in [0.3, 0.4) is 0 Å². The van der Waals surface area contributed by atoms with Gasteiger partial charge in [-0.1, -0.05) is 11.8 Å². The number of carbonyl (C=O) groups excluding carboxylic acids is 1. The van der Waals surface area contributed by atoms with Crippen molar-refractivity contribution in [2.24, 2.45) is 0 Å². The lowest BCUT2D eigenvalue weighted by Crippen LogP contribution is -2.26. The Morgan fingerprint density at radius 2 is 2.26 bits per heavy atom. The van der Waals surface area contributed by atoms with Gasteiger partial charge < -0.3 is 10.4 Å². The van der Waals surface area contributed by atoms with E-state index >= 15 is 0 Å². The summed E-state index contributed by atoms with van der Waals surface area (Å²) in [6.07, 6.45) is 4.87. The van der Waals surface area contributed by atoms with Crippen LogP contribution in [-0.2, 0) is 4.79 Å². The monoisotopic (exact) mass is 285 g/mol. The standard InChI is InChI=1S/C11H19N5O2S/c17-7-3-1-2-6-12-10(18)8-19-11-13-14-15-16(11)9-4-5-9/h9,17H,1-8H2,(H,12,18). The number of aliphatic hydroxyl groups excluding tert-OH is 1. The molecule has 0 spiro atoms. The van der Waals surface area contributed by atoms with Gasteiger partial charge in [0.15, 0.2) is 0 Å².